The van der Waals surface area contributed by atoms with Gasteiger partial charge in [0.1, 0.15) is 0 Å². The SMILES string of the molecule is O=C(O)C=CC(=O)NCCN1CCNCC1. The number of carbonyl (C=O) groups is 2. The predicted octanol–water partition coefficient (Wildman–Crippen LogP) is -1.35. The standard InChI is InChI=1S/C10H17N3O3/c14-9(1-2-10(15)16)12-5-8-13-6-3-11-4-7-13/h1-2,11H,3-8H2,(H,12,14)(H,15,16). The van der Waals surface area contributed by atoms with Gasteiger partial charge in [0.05, 0.1) is 0 Å². The van der Waals surface area contributed by atoms with Crippen LogP contribution in [0.25, 0.3) is 0 Å². The Labute approximate surface area is 94.3 Å². The number of aliphatic carboxylic acids is 1. The minimum absolute atomic E-state index is 0.363. The first-order valence-corrected chi connectivity index (χ1v) is 5.30. The van der Waals surface area contributed by atoms with Crippen LogP contribution < -0.4 is 10.6 Å². The smallest absolute Gasteiger partial charge is 0.328 e. The average molecular weight is 227 g/mol. The number of carboxylic acids is 1. The topological polar surface area (TPSA) is 81.7 Å². The summed E-state index contributed by atoms with van der Waals surface area (Å²) in [5.74, 6) is -1.48. The summed E-state index contributed by atoms with van der Waals surface area (Å²) in [5, 5.41) is 14.2. The fourth-order valence-electron chi connectivity index (χ4n) is 1.48. The molecule has 0 aromatic rings. The highest BCUT2D eigenvalue weighted by Crippen LogP contribution is 1.89. The summed E-state index contributed by atoms with van der Waals surface area (Å²) < 4.78 is 0. The summed E-state index contributed by atoms with van der Waals surface area (Å²) in [5.41, 5.74) is 0. The van der Waals surface area contributed by atoms with Crippen molar-refractivity contribution in [3.63, 3.8) is 0 Å². The maximum atomic E-state index is 11.1. The molecule has 1 aliphatic rings. The molecule has 0 radical (unpaired) electrons. The van der Waals surface area contributed by atoms with Crippen LogP contribution in [0.1, 0.15) is 0 Å². The normalized spacial score (nSPS) is 17.5. The van der Waals surface area contributed by atoms with E-state index in [2.05, 4.69) is 15.5 Å². The van der Waals surface area contributed by atoms with Crippen molar-refractivity contribution in [1.82, 2.24) is 15.5 Å². The van der Waals surface area contributed by atoms with E-state index in [4.69, 9.17) is 5.11 Å². The van der Waals surface area contributed by atoms with E-state index >= 15 is 0 Å². The fourth-order valence-corrected chi connectivity index (χ4v) is 1.48. The van der Waals surface area contributed by atoms with Crippen molar-refractivity contribution >= 4 is 11.9 Å². The number of carbonyl (C=O) groups excluding carboxylic acids is 1. The van der Waals surface area contributed by atoms with Gasteiger partial charge in [0.25, 0.3) is 0 Å². The Morgan fingerprint density at radius 2 is 2.00 bits per heavy atom. The van der Waals surface area contributed by atoms with E-state index in [1.54, 1.807) is 0 Å². The van der Waals surface area contributed by atoms with Crippen LogP contribution in [-0.2, 0) is 9.59 Å². The molecule has 1 aliphatic heterocycles. The fraction of sp³-hybridized carbons (Fsp3) is 0.600. The molecule has 0 bridgehead atoms. The second-order valence-electron chi connectivity index (χ2n) is 3.55. The summed E-state index contributed by atoms with van der Waals surface area (Å²) in [6.45, 7) is 5.28. The lowest BCUT2D eigenvalue weighted by Crippen LogP contribution is -2.46. The van der Waals surface area contributed by atoms with Gasteiger partial charge < -0.3 is 15.7 Å². The van der Waals surface area contributed by atoms with Crippen molar-refractivity contribution in [1.29, 1.82) is 0 Å². The molecule has 0 spiro atoms. The van der Waals surface area contributed by atoms with Crippen LogP contribution in [-0.4, -0.2) is 61.2 Å². The van der Waals surface area contributed by atoms with E-state index in [9.17, 15) is 9.59 Å². The zero-order valence-corrected chi connectivity index (χ0v) is 9.11. The monoisotopic (exact) mass is 227 g/mol. The summed E-state index contributed by atoms with van der Waals surface area (Å²) in [7, 11) is 0. The van der Waals surface area contributed by atoms with E-state index in [1.807, 2.05) is 0 Å². The molecule has 6 nitrogen and oxygen atoms in total. The van der Waals surface area contributed by atoms with Gasteiger partial charge in [-0.2, -0.15) is 0 Å². The number of nitrogens with zero attached hydrogens (tertiary/aromatic N) is 1. The largest absolute Gasteiger partial charge is 0.478 e. The molecule has 0 unspecified atom stereocenters. The van der Waals surface area contributed by atoms with E-state index in [0.29, 0.717) is 6.54 Å². The van der Waals surface area contributed by atoms with Crippen LogP contribution in [0.5, 0.6) is 0 Å². The molecule has 6 heteroatoms. The van der Waals surface area contributed by atoms with Crippen molar-refractivity contribution in [3.05, 3.63) is 12.2 Å². The van der Waals surface area contributed by atoms with Gasteiger partial charge >= 0.3 is 5.97 Å². The van der Waals surface area contributed by atoms with Crippen LogP contribution in [0.4, 0.5) is 0 Å². The summed E-state index contributed by atoms with van der Waals surface area (Å²) in [6, 6.07) is 0. The van der Waals surface area contributed by atoms with Crippen molar-refractivity contribution in [2.24, 2.45) is 0 Å². The van der Waals surface area contributed by atoms with Crippen LogP contribution >= 0.6 is 0 Å². The molecule has 16 heavy (non-hydrogen) atoms. The molecule has 3 N–H and O–H groups in total. The summed E-state index contributed by atoms with van der Waals surface area (Å²) >= 11 is 0. The minimum atomic E-state index is -1.11. The van der Waals surface area contributed by atoms with E-state index in [0.717, 1.165) is 44.9 Å². The highest BCUT2D eigenvalue weighted by molar-refractivity contribution is 5.93. The second kappa shape index (κ2) is 6.97. The van der Waals surface area contributed by atoms with Crippen LogP contribution in [0.2, 0.25) is 0 Å². The molecule has 0 aromatic heterocycles. The van der Waals surface area contributed by atoms with E-state index in [-0.39, 0.29) is 5.91 Å². The van der Waals surface area contributed by atoms with E-state index in [1.165, 1.54) is 0 Å². The molecular formula is C10H17N3O3. The molecule has 90 valence electrons. The number of piperazine rings is 1. The molecule has 0 saturated carbocycles. The van der Waals surface area contributed by atoms with Gasteiger partial charge in [-0.25, -0.2) is 4.79 Å². The number of amides is 1. The molecule has 0 aliphatic carbocycles. The average Bonchev–Trinajstić information content (AvgIpc) is 2.28. The maximum Gasteiger partial charge on any atom is 0.328 e. The summed E-state index contributed by atoms with van der Waals surface area (Å²) in [4.78, 5) is 23.5. The van der Waals surface area contributed by atoms with Crippen LogP contribution in [0, 0.1) is 0 Å². The molecule has 1 amide bonds. The first-order valence-electron chi connectivity index (χ1n) is 5.30. The minimum Gasteiger partial charge on any atom is -0.478 e. The van der Waals surface area contributed by atoms with Gasteiger partial charge in [0, 0.05) is 51.4 Å². The Hall–Kier alpha value is -1.40. The third kappa shape index (κ3) is 5.47. The Kier molecular flexibility index (Phi) is 5.52. The zero-order valence-electron chi connectivity index (χ0n) is 9.11. The van der Waals surface area contributed by atoms with Gasteiger partial charge in [-0.1, -0.05) is 0 Å². The van der Waals surface area contributed by atoms with Gasteiger partial charge in [-0.15, -0.1) is 0 Å². The molecule has 1 heterocycles. The number of nitrogens with one attached hydrogen (secondary N) is 2. The second-order valence-corrected chi connectivity index (χ2v) is 3.55. The first-order chi connectivity index (χ1) is 7.68. The first kappa shape index (κ1) is 12.7. The molecule has 0 atom stereocenters. The maximum absolute atomic E-state index is 11.1. The lowest BCUT2D eigenvalue weighted by atomic mass is 10.3. The quantitative estimate of drug-likeness (QED) is 0.506. The number of carboxylic acid groups (broad SMARTS) is 1. The van der Waals surface area contributed by atoms with Crippen molar-refractivity contribution < 1.29 is 14.7 Å². The number of hydrogen-bond acceptors (Lipinski definition) is 4. The number of rotatable bonds is 5. The lowest BCUT2D eigenvalue weighted by Gasteiger charge is -2.26. The lowest BCUT2D eigenvalue weighted by molar-refractivity contribution is -0.131. The van der Waals surface area contributed by atoms with Crippen LogP contribution in [0.15, 0.2) is 12.2 Å². The Morgan fingerprint density at radius 1 is 1.31 bits per heavy atom. The van der Waals surface area contributed by atoms with Crippen molar-refractivity contribution in [2.75, 3.05) is 39.3 Å². The predicted molar refractivity (Wildman–Crippen MR) is 59.1 cm³/mol. The zero-order chi connectivity index (χ0) is 11.8. The summed E-state index contributed by atoms with van der Waals surface area (Å²) in [6.07, 6.45) is 1.86. The molecule has 1 fully saturated rings. The van der Waals surface area contributed by atoms with Gasteiger partial charge in [0.2, 0.25) is 5.91 Å². The Balaban J connectivity index is 2.09. The molecular weight excluding hydrogens is 210 g/mol. The van der Waals surface area contributed by atoms with Crippen molar-refractivity contribution in [2.45, 2.75) is 0 Å². The third-order valence-corrected chi connectivity index (χ3v) is 2.31. The van der Waals surface area contributed by atoms with Gasteiger partial charge in [-0.3, -0.25) is 9.69 Å². The Morgan fingerprint density at radius 3 is 2.62 bits per heavy atom. The molecule has 1 saturated heterocycles. The van der Waals surface area contributed by atoms with Gasteiger partial charge in [0.15, 0.2) is 0 Å². The number of hydrogen-bond donors (Lipinski definition) is 3. The highest BCUT2D eigenvalue weighted by atomic mass is 16.4. The van der Waals surface area contributed by atoms with Crippen LogP contribution in [0.3, 0.4) is 0 Å². The highest BCUT2D eigenvalue weighted by Gasteiger charge is 2.08. The molecule has 1 rings (SSSR count). The Bertz CT molecular complexity index is 272. The van der Waals surface area contributed by atoms with Crippen molar-refractivity contribution in [3.8, 4) is 0 Å². The molecule has 0 aromatic carbocycles. The van der Waals surface area contributed by atoms with E-state index < -0.39 is 5.97 Å². The van der Waals surface area contributed by atoms with Gasteiger partial charge in [-0.05, 0) is 0 Å². The third-order valence-electron chi connectivity index (χ3n) is 2.31.